The van der Waals surface area contributed by atoms with Gasteiger partial charge in [-0.1, -0.05) is 0 Å². The lowest BCUT2D eigenvalue weighted by Crippen LogP contribution is -2.42. The smallest absolute Gasteiger partial charge is 0.191 e. The number of halogens is 1. The molecule has 0 fully saturated rings. The third kappa shape index (κ3) is 5.22. The van der Waals surface area contributed by atoms with E-state index < -0.39 is 0 Å². The van der Waals surface area contributed by atoms with Gasteiger partial charge in [0.15, 0.2) is 5.96 Å². The Kier molecular flexibility index (Phi) is 7.38. The molecule has 2 aromatic heterocycles. The molecule has 0 radical (unpaired) electrons. The van der Waals surface area contributed by atoms with Crippen molar-refractivity contribution >= 4 is 41.3 Å². The highest BCUT2D eigenvalue weighted by molar-refractivity contribution is 14.0. The van der Waals surface area contributed by atoms with Crippen molar-refractivity contribution in [2.75, 3.05) is 26.7 Å². The molecular weight excluding hydrogens is 423 g/mol. The lowest BCUT2D eigenvalue weighted by molar-refractivity contribution is 0.260. The third-order valence-electron chi connectivity index (χ3n) is 3.87. The zero-order valence-electron chi connectivity index (χ0n) is 13.2. The van der Waals surface area contributed by atoms with Gasteiger partial charge in [0.25, 0.3) is 0 Å². The molecule has 0 saturated heterocycles. The molecule has 5 nitrogen and oxygen atoms in total. The summed E-state index contributed by atoms with van der Waals surface area (Å²) in [5, 5.41) is 8.85. The second kappa shape index (κ2) is 9.29. The maximum absolute atomic E-state index is 5.06. The van der Waals surface area contributed by atoms with E-state index in [9.17, 15) is 0 Å². The SMILES string of the molecule is CN=C(NCCN1CCc2sccc2C1)NCc1ccoc1.I. The van der Waals surface area contributed by atoms with Crippen molar-refractivity contribution < 1.29 is 4.42 Å². The Morgan fingerprint density at radius 1 is 1.39 bits per heavy atom. The fourth-order valence-electron chi connectivity index (χ4n) is 2.63. The van der Waals surface area contributed by atoms with Crippen LogP contribution in [0, 0.1) is 0 Å². The minimum atomic E-state index is 0. The van der Waals surface area contributed by atoms with E-state index in [1.54, 1.807) is 24.5 Å². The van der Waals surface area contributed by atoms with Gasteiger partial charge in [-0.3, -0.25) is 9.89 Å². The number of furan rings is 1. The standard InChI is InChI=1S/C16H22N4OS.HI/c1-17-16(19-10-13-3-8-21-12-13)18-5-7-20-6-2-15-14(11-20)4-9-22-15;/h3-4,8-9,12H,2,5-7,10-11H2,1H3,(H2,17,18,19);1H. The lowest BCUT2D eigenvalue weighted by Gasteiger charge is -2.27. The Morgan fingerprint density at radius 3 is 3.09 bits per heavy atom. The predicted molar refractivity (Wildman–Crippen MR) is 106 cm³/mol. The van der Waals surface area contributed by atoms with Crippen LogP contribution in [0.2, 0.25) is 0 Å². The van der Waals surface area contributed by atoms with Gasteiger partial charge < -0.3 is 15.1 Å². The molecule has 0 aliphatic carbocycles. The predicted octanol–water partition coefficient (Wildman–Crippen LogP) is 2.68. The van der Waals surface area contributed by atoms with Crippen LogP contribution < -0.4 is 10.6 Å². The van der Waals surface area contributed by atoms with Crippen LogP contribution in [-0.2, 0) is 19.5 Å². The molecule has 0 saturated carbocycles. The Morgan fingerprint density at radius 2 is 2.30 bits per heavy atom. The van der Waals surface area contributed by atoms with Gasteiger partial charge in [0.1, 0.15) is 0 Å². The number of rotatable bonds is 5. The number of hydrogen-bond donors (Lipinski definition) is 2. The Bertz CT molecular complexity index is 611. The van der Waals surface area contributed by atoms with E-state index in [1.165, 1.54) is 12.0 Å². The summed E-state index contributed by atoms with van der Waals surface area (Å²) in [5.74, 6) is 0.828. The van der Waals surface area contributed by atoms with Crippen LogP contribution in [-0.4, -0.2) is 37.5 Å². The average Bonchev–Trinajstić information content (AvgIpc) is 3.21. The molecule has 23 heavy (non-hydrogen) atoms. The normalized spacial score (nSPS) is 14.9. The molecule has 0 aromatic carbocycles. The van der Waals surface area contributed by atoms with Gasteiger partial charge in [-0.15, -0.1) is 35.3 Å². The molecule has 3 rings (SSSR count). The highest BCUT2D eigenvalue weighted by atomic mass is 127. The van der Waals surface area contributed by atoms with Gasteiger partial charge in [0.05, 0.1) is 12.5 Å². The first-order valence-corrected chi connectivity index (χ1v) is 8.46. The maximum Gasteiger partial charge on any atom is 0.191 e. The molecule has 126 valence electrons. The second-order valence-corrected chi connectivity index (χ2v) is 6.38. The first kappa shape index (κ1) is 18.3. The quantitative estimate of drug-likeness (QED) is 0.422. The lowest BCUT2D eigenvalue weighted by atomic mass is 10.1. The van der Waals surface area contributed by atoms with Crippen LogP contribution in [0.15, 0.2) is 39.4 Å². The average molecular weight is 446 g/mol. The van der Waals surface area contributed by atoms with Crippen LogP contribution in [0.3, 0.4) is 0 Å². The van der Waals surface area contributed by atoms with Gasteiger partial charge in [-0.2, -0.15) is 0 Å². The number of nitrogens with one attached hydrogen (secondary N) is 2. The number of nitrogens with zero attached hydrogens (tertiary/aromatic N) is 2. The van der Waals surface area contributed by atoms with E-state index in [2.05, 4.69) is 32.0 Å². The van der Waals surface area contributed by atoms with Crippen LogP contribution in [0.1, 0.15) is 16.0 Å². The van der Waals surface area contributed by atoms with Crippen molar-refractivity contribution in [3.05, 3.63) is 46.0 Å². The van der Waals surface area contributed by atoms with Crippen molar-refractivity contribution in [1.29, 1.82) is 0 Å². The van der Waals surface area contributed by atoms with Gasteiger partial charge >= 0.3 is 0 Å². The summed E-state index contributed by atoms with van der Waals surface area (Å²) < 4.78 is 5.06. The maximum atomic E-state index is 5.06. The first-order chi connectivity index (χ1) is 10.8. The molecule has 3 heterocycles. The van der Waals surface area contributed by atoms with Crippen LogP contribution in [0.25, 0.3) is 0 Å². The molecule has 7 heteroatoms. The summed E-state index contributed by atoms with van der Waals surface area (Å²) in [6.07, 6.45) is 4.61. The fourth-order valence-corrected chi connectivity index (χ4v) is 3.52. The zero-order chi connectivity index (χ0) is 15.2. The highest BCUT2D eigenvalue weighted by Crippen LogP contribution is 2.23. The van der Waals surface area contributed by atoms with Crippen LogP contribution in [0.4, 0.5) is 0 Å². The van der Waals surface area contributed by atoms with Crippen molar-refractivity contribution in [3.63, 3.8) is 0 Å². The molecule has 0 unspecified atom stereocenters. The van der Waals surface area contributed by atoms with Gasteiger partial charge in [-0.25, -0.2) is 0 Å². The molecular formula is C16H23IN4OS. The molecule has 0 bridgehead atoms. The van der Waals surface area contributed by atoms with E-state index in [4.69, 9.17) is 4.42 Å². The summed E-state index contributed by atoms with van der Waals surface area (Å²) in [6.45, 7) is 4.86. The molecule has 0 atom stereocenters. The van der Waals surface area contributed by atoms with Crippen molar-refractivity contribution in [2.24, 2.45) is 4.99 Å². The number of hydrogen-bond acceptors (Lipinski definition) is 4. The van der Waals surface area contributed by atoms with E-state index in [0.717, 1.165) is 44.2 Å². The zero-order valence-corrected chi connectivity index (χ0v) is 16.4. The molecule has 2 aromatic rings. The monoisotopic (exact) mass is 446 g/mol. The molecule has 1 aliphatic rings. The molecule has 2 N–H and O–H groups in total. The molecule has 0 spiro atoms. The topological polar surface area (TPSA) is 52.8 Å². The number of aliphatic imine (C=N–C) groups is 1. The van der Waals surface area contributed by atoms with Crippen molar-refractivity contribution in [3.8, 4) is 0 Å². The highest BCUT2D eigenvalue weighted by Gasteiger charge is 2.16. The van der Waals surface area contributed by atoms with E-state index >= 15 is 0 Å². The summed E-state index contributed by atoms with van der Waals surface area (Å²) in [5.41, 5.74) is 2.61. The first-order valence-electron chi connectivity index (χ1n) is 7.58. The molecule has 0 amide bonds. The van der Waals surface area contributed by atoms with Gasteiger partial charge in [0.2, 0.25) is 0 Å². The second-order valence-electron chi connectivity index (χ2n) is 5.38. The summed E-state index contributed by atoms with van der Waals surface area (Å²) in [4.78, 5) is 8.29. The van der Waals surface area contributed by atoms with E-state index in [0.29, 0.717) is 0 Å². The number of thiophene rings is 1. The van der Waals surface area contributed by atoms with Crippen molar-refractivity contribution in [2.45, 2.75) is 19.5 Å². The van der Waals surface area contributed by atoms with Gasteiger partial charge in [0, 0.05) is 50.2 Å². The van der Waals surface area contributed by atoms with Crippen LogP contribution in [0.5, 0.6) is 0 Å². The largest absolute Gasteiger partial charge is 0.472 e. The Labute approximate surface area is 158 Å². The Balaban J connectivity index is 0.00000192. The van der Waals surface area contributed by atoms with Crippen LogP contribution >= 0.6 is 35.3 Å². The van der Waals surface area contributed by atoms with Crippen molar-refractivity contribution in [1.82, 2.24) is 15.5 Å². The Hall–Kier alpha value is -1.06. The molecule has 1 aliphatic heterocycles. The number of fused-ring (bicyclic) bond motifs is 1. The number of guanidine groups is 1. The van der Waals surface area contributed by atoms with E-state index in [-0.39, 0.29) is 24.0 Å². The summed E-state index contributed by atoms with van der Waals surface area (Å²) >= 11 is 1.89. The minimum Gasteiger partial charge on any atom is -0.472 e. The third-order valence-corrected chi connectivity index (χ3v) is 4.89. The van der Waals surface area contributed by atoms with Gasteiger partial charge in [-0.05, 0) is 29.5 Å². The summed E-state index contributed by atoms with van der Waals surface area (Å²) in [6, 6.07) is 4.21. The van der Waals surface area contributed by atoms with E-state index in [1.807, 2.05) is 17.4 Å². The minimum absolute atomic E-state index is 0. The summed E-state index contributed by atoms with van der Waals surface area (Å²) in [7, 11) is 1.79. The fraction of sp³-hybridized carbons (Fsp3) is 0.438.